The van der Waals surface area contributed by atoms with Crippen LogP contribution in [0.3, 0.4) is 0 Å². The van der Waals surface area contributed by atoms with E-state index in [1.165, 1.54) is 19.2 Å². The van der Waals surface area contributed by atoms with Crippen LogP contribution in [0.1, 0.15) is 15.9 Å². The van der Waals surface area contributed by atoms with Gasteiger partial charge < -0.3 is 14.6 Å². The molecular formula is C22H19NO5. The molecule has 3 rings (SSSR count). The summed E-state index contributed by atoms with van der Waals surface area (Å²) in [4.78, 5) is 23.3. The van der Waals surface area contributed by atoms with Gasteiger partial charge in [0.15, 0.2) is 17.8 Å². The highest BCUT2D eigenvalue weighted by atomic mass is 16.5. The highest BCUT2D eigenvalue weighted by molar-refractivity contribution is 5.90. The highest BCUT2D eigenvalue weighted by Gasteiger charge is 2.12. The van der Waals surface area contributed by atoms with Crippen LogP contribution in [-0.4, -0.2) is 24.6 Å². The molecule has 3 aromatic rings. The minimum atomic E-state index is -0.563. The summed E-state index contributed by atoms with van der Waals surface area (Å²) in [5, 5.41) is 12.6. The van der Waals surface area contributed by atoms with Crippen molar-refractivity contribution >= 4 is 18.1 Å². The molecule has 0 aromatic heterocycles. The first-order chi connectivity index (χ1) is 13.6. The zero-order valence-electron chi connectivity index (χ0n) is 15.2. The number of nitrogens with one attached hydrogen (secondary N) is 1. The van der Waals surface area contributed by atoms with Crippen molar-refractivity contribution in [3.05, 3.63) is 77.9 Å². The number of aldehydes is 1. The van der Waals surface area contributed by atoms with Crippen molar-refractivity contribution in [1.29, 1.82) is 0 Å². The molecular weight excluding hydrogens is 358 g/mol. The minimum absolute atomic E-state index is 0.0604. The van der Waals surface area contributed by atoms with Gasteiger partial charge in [-0.15, -0.1) is 0 Å². The van der Waals surface area contributed by atoms with Gasteiger partial charge in [-0.25, -0.2) is 4.79 Å². The molecule has 2 N–H and O–H groups in total. The van der Waals surface area contributed by atoms with E-state index in [4.69, 9.17) is 9.47 Å². The van der Waals surface area contributed by atoms with E-state index in [-0.39, 0.29) is 18.1 Å². The summed E-state index contributed by atoms with van der Waals surface area (Å²) in [5.74, 6) is 0.167. The van der Waals surface area contributed by atoms with Crippen LogP contribution < -0.4 is 10.1 Å². The Kier molecular flexibility index (Phi) is 5.91. The molecule has 0 aliphatic heterocycles. The summed E-state index contributed by atoms with van der Waals surface area (Å²) in [6.07, 6.45) is 0.136. The number of benzene rings is 3. The first kappa shape index (κ1) is 19.0. The van der Waals surface area contributed by atoms with Gasteiger partial charge in [-0.3, -0.25) is 10.1 Å². The van der Waals surface area contributed by atoms with Gasteiger partial charge in [0.1, 0.15) is 6.61 Å². The zero-order chi connectivity index (χ0) is 19.9. The Morgan fingerprint density at radius 1 is 1.07 bits per heavy atom. The Hall–Kier alpha value is -3.80. The number of carbonyl (C=O) groups excluding carboxylic acids is 2. The number of amides is 1. The molecule has 0 radical (unpaired) electrons. The first-order valence-corrected chi connectivity index (χ1v) is 8.55. The lowest BCUT2D eigenvalue weighted by Gasteiger charge is -2.11. The molecule has 6 nitrogen and oxygen atoms in total. The summed E-state index contributed by atoms with van der Waals surface area (Å²) in [7, 11) is 1.42. The molecule has 28 heavy (non-hydrogen) atoms. The third-order valence-corrected chi connectivity index (χ3v) is 4.13. The molecule has 0 heterocycles. The summed E-state index contributed by atoms with van der Waals surface area (Å²) in [6.45, 7) is 0.179. The summed E-state index contributed by atoms with van der Waals surface area (Å²) in [6, 6.07) is 19.2. The average Bonchev–Trinajstić information content (AvgIpc) is 2.73. The number of ether oxygens (including phenoxy) is 2. The molecule has 1 amide bonds. The fraction of sp³-hybridized carbons (Fsp3) is 0.0909. The quantitative estimate of drug-likeness (QED) is 0.612. The number of hydrogen-bond acceptors (Lipinski definition) is 5. The molecule has 0 fully saturated rings. The maximum atomic E-state index is 11.9. The number of rotatable bonds is 6. The van der Waals surface area contributed by atoms with Crippen molar-refractivity contribution in [2.45, 2.75) is 6.61 Å². The monoisotopic (exact) mass is 377 g/mol. The molecule has 6 heteroatoms. The van der Waals surface area contributed by atoms with E-state index in [1.54, 1.807) is 24.3 Å². The van der Waals surface area contributed by atoms with E-state index < -0.39 is 6.09 Å². The highest BCUT2D eigenvalue weighted by Crippen LogP contribution is 2.34. The molecule has 142 valence electrons. The number of phenolic OH excluding ortho intramolecular Hbond substituents is 1. The summed E-state index contributed by atoms with van der Waals surface area (Å²) < 4.78 is 10.2. The Bertz CT molecular complexity index is 968. The van der Waals surface area contributed by atoms with E-state index in [1.807, 2.05) is 30.3 Å². The first-order valence-electron chi connectivity index (χ1n) is 8.55. The van der Waals surface area contributed by atoms with Crippen molar-refractivity contribution in [3.8, 4) is 22.6 Å². The van der Waals surface area contributed by atoms with Gasteiger partial charge in [0.05, 0.1) is 7.11 Å². The fourth-order valence-electron chi connectivity index (χ4n) is 2.71. The smallest absolute Gasteiger partial charge is 0.411 e. The molecule has 0 bridgehead atoms. The van der Waals surface area contributed by atoms with Crippen LogP contribution in [0.4, 0.5) is 10.5 Å². The Morgan fingerprint density at radius 2 is 1.79 bits per heavy atom. The van der Waals surface area contributed by atoms with Gasteiger partial charge in [0.25, 0.3) is 0 Å². The maximum absolute atomic E-state index is 11.9. The average molecular weight is 377 g/mol. The van der Waals surface area contributed by atoms with Crippen LogP contribution in [0, 0.1) is 0 Å². The second-order valence-corrected chi connectivity index (χ2v) is 5.99. The fourth-order valence-corrected chi connectivity index (χ4v) is 2.71. The third kappa shape index (κ3) is 4.48. The number of carbonyl (C=O) groups is 2. The van der Waals surface area contributed by atoms with Crippen molar-refractivity contribution in [3.63, 3.8) is 0 Å². The van der Waals surface area contributed by atoms with Crippen LogP contribution in [0.25, 0.3) is 11.1 Å². The van der Waals surface area contributed by atoms with Crippen molar-refractivity contribution in [2.75, 3.05) is 12.4 Å². The normalized spacial score (nSPS) is 10.2. The number of methoxy groups -OCH3 is 1. The zero-order valence-corrected chi connectivity index (χ0v) is 15.2. The lowest BCUT2D eigenvalue weighted by molar-refractivity contribution is 0.112. The summed E-state index contributed by atoms with van der Waals surface area (Å²) >= 11 is 0. The second-order valence-electron chi connectivity index (χ2n) is 5.99. The van der Waals surface area contributed by atoms with E-state index in [2.05, 4.69) is 5.32 Å². The van der Waals surface area contributed by atoms with Crippen LogP contribution in [0.5, 0.6) is 11.5 Å². The lowest BCUT2D eigenvalue weighted by Crippen LogP contribution is -2.13. The Balaban J connectivity index is 1.69. The van der Waals surface area contributed by atoms with Crippen molar-refractivity contribution in [2.24, 2.45) is 0 Å². The number of aromatic hydroxyl groups is 1. The standard InChI is InChI=1S/C22H19NO5/c1-27-21-11-17(13-24)19(12-20(21)25)16-7-9-18(10-8-16)23-22(26)28-14-15-5-3-2-4-6-15/h2-13,25H,14H2,1H3,(H,23,26). The largest absolute Gasteiger partial charge is 0.504 e. The Labute approximate surface area is 162 Å². The molecule has 0 spiro atoms. The van der Waals surface area contributed by atoms with Gasteiger partial charge in [-0.05, 0) is 41.0 Å². The topological polar surface area (TPSA) is 84.9 Å². The van der Waals surface area contributed by atoms with Crippen LogP contribution in [-0.2, 0) is 11.3 Å². The molecule has 0 aliphatic carbocycles. The molecule has 0 aliphatic rings. The van der Waals surface area contributed by atoms with Gasteiger partial charge in [-0.2, -0.15) is 0 Å². The summed E-state index contributed by atoms with van der Waals surface area (Å²) in [5.41, 5.74) is 3.10. The van der Waals surface area contributed by atoms with Crippen LogP contribution >= 0.6 is 0 Å². The number of hydrogen-bond donors (Lipinski definition) is 2. The molecule has 0 unspecified atom stereocenters. The van der Waals surface area contributed by atoms with E-state index in [9.17, 15) is 14.7 Å². The van der Waals surface area contributed by atoms with Gasteiger partial charge in [-0.1, -0.05) is 42.5 Å². The lowest BCUT2D eigenvalue weighted by atomic mass is 9.99. The van der Waals surface area contributed by atoms with Crippen LogP contribution in [0.2, 0.25) is 0 Å². The number of anilines is 1. The Morgan fingerprint density at radius 3 is 2.43 bits per heavy atom. The van der Waals surface area contributed by atoms with E-state index in [0.717, 1.165) is 5.56 Å². The maximum Gasteiger partial charge on any atom is 0.411 e. The second kappa shape index (κ2) is 8.73. The minimum Gasteiger partial charge on any atom is -0.504 e. The molecule has 3 aromatic carbocycles. The molecule has 0 saturated carbocycles. The van der Waals surface area contributed by atoms with Crippen molar-refractivity contribution < 1.29 is 24.2 Å². The van der Waals surface area contributed by atoms with E-state index >= 15 is 0 Å². The van der Waals surface area contributed by atoms with Gasteiger partial charge in [0, 0.05) is 11.3 Å². The number of phenols is 1. The van der Waals surface area contributed by atoms with Gasteiger partial charge in [0.2, 0.25) is 0 Å². The van der Waals surface area contributed by atoms with Crippen molar-refractivity contribution in [1.82, 2.24) is 0 Å². The predicted molar refractivity (Wildman–Crippen MR) is 106 cm³/mol. The molecule has 0 saturated heterocycles. The molecule has 0 atom stereocenters. The third-order valence-electron chi connectivity index (χ3n) is 4.13. The van der Waals surface area contributed by atoms with Gasteiger partial charge >= 0.3 is 6.09 Å². The SMILES string of the molecule is COc1cc(C=O)c(-c2ccc(NC(=O)OCc3ccccc3)cc2)cc1O. The van der Waals surface area contributed by atoms with E-state index in [0.29, 0.717) is 28.7 Å². The predicted octanol–water partition coefficient (Wildman–Crippen LogP) is 4.63. The van der Waals surface area contributed by atoms with Crippen LogP contribution in [0.15, 0.2) is 66.7 Å².